The molecule has 1 heterocycles. The van der Waals surface area contributed by atoms with E-state index in [0.717, 1.165) is 13.0 Å². The van der Waals surface area contributed by atoms with E-state index in [-0.39, 0.29) is 11.6 Å². The second-order valence-electron chi connectivity index (χ2n) is 5.07. The van der Waals surface area contributed by atoms with Crippen LogP contribution >= 0.6 is 0 Å². The normalized spacial score (nSPS) is 20.6. The molecule has 0 radical (unpaired) electrons. The lowest BCUT2D eigenvalue weighted by atomic mass is 10.1. The van der Waals surface area contributed by atoms with Crippen molar-refractivity contribution < 1.29 is 9.18 Å². The Labute approximate surface area is 113 Å². The summed E-state index contributed by atoms with van der Waals surface area (Å²) in [6.45, 7) is 4.30. The van der Waals surface area contributed by atoms with Crippen molar-refractivity contribution in [2.75, 3.05) is 32.4 Å². The van der Waals surface area contributed by atoms with Crippen LogP contribution in [-0.4, -0.2) is 48.4 Å². The molecule has 1 saturated heterocycles. The predicted octanol–water partition coefficient (Wildman–Crippen LogP) is 1.57. The monoisotopic (exact) mass is 265 g/mol. The summed E-state index contributed by atoms with van der Waals surface area (Å²) in [6, 6.07) is 4.36. The quantitative estimate of drug-likeness (QED) is 0.826. The molecule has 104 valence electrons. The van der Waals surface area contributed by atoms with Crippen LogP contribution in [0.25, 0.3) is 0 Å². The fourth-order valence-electron chi connectivity index (χ4n) is 2.49. The Hall–Kier alpha value is -1.62. The van der Waals surface area contributed by atoms with Crippen LogP contribution in [0, 0.1) is 5.82 Å². The highest BCUT2D eigenvalue weighted by Crippen LogP contribution is 2.17. The molecule has 5 heteroatoms. The molecule has 1 atom stereocenters. The van der Waals surface area contributed by atoms with E-state index in [4.69, 9.17) is 5.73 Å². The first-order chi connectivity index (χ1) is 9.01. The zero-order valence-corrected chi connectivity index (χ0v) is 11.4. The summed E-state index contributed by atoms with van der Waals surface area (Å²) in [4.78, 5) is 16.4. The number of hydrogen-bond acceptors (Lipinski definition) is 3. The summed E-state index contributed by atoms with van der Waals surface area (Å²) in [7, 11) is 2.07. The molecule has 4 nitrogen and oxygen atoms in total. The van der Waals surface area contributed by atoms with Gasteiger partial charge in [-0.05, 0) is 31.7 Å². The molecule has 1 aliphatic rings. The maximum absolute atomic E-state index is 13.3. The zero-order valence-electron chi connectivity index (χ0n) is 11.4. The standard InChI is InChI=1S/C14H20FN3O/c1-3-13-9-18(5-4-17(13)2)14(19)10-6-11(15)8-12(16)7-10/h6-8,13H,3-5,9,16H2,1-2H3. The summed E-state index contributed by atoms with van der Waals surface area (Å²) in [5.41, 5.74) is 6.20. The summed E-state index contributed by atoms with van der Waals surface area (Å²) in [5, 5.41) is 0. The molecule has 0 spiro atoms. The number of carbonyl (C=O) groups is 1. The van der Waals surface area contributed by atoms with E-state index in [9.17, 15) is 9.18 Å². The van der Waals surface area contributed by atoms with Crippen molar-refractivity contribution in [3.63, 3.8) is 0 Å². The largest absolute Gasteiger partial charge is 0.399 e. The number of rotatable bonds is 2. The minimum Gasteiger partial charge on any atom is -0.399 e. The van der Waals surface area contributed by atoms with Gasteiger partial charge in [0.15, 0.2) is 0 Å². The number of benzene rings is 1. The van der Waals surface area contributed by atoms with Gasteiger partial charge in [-0.15, -0.1) is 0 Å². The van der Waals surface area contributed by atoms with Crippen LogP contribution in [-0.2, 0) is 0 Å². The number of carbonyl (C=O) groups excluding carboxylic acids is 1. The van der Waals surface area contributed by atoms with E-state index >= 15 is 0 Å². The summed E-state index contributed by atoms with van der Waals surface area (Å²) >= 11 is 0. The Bertz CT molecular complexity index is 458. The van der Waals surface area contributed by atoms with Gasteiger partial charge in [0.25, 0.3) is 5.91 Å². The maximum Gasteiger partial charge on any atom is 0.254 e. The lowest BCUT2D eigenvalue weighted by Crippen LogP contribution is -2.53. The highest BCUT2D eigenvalue weighted by molar-refractivity contribution is 5.95. The minimum atomic E-state index is -0.468. The molecule has 1 aromatic rings. The Morgan fingerprint density at radius 3 is 2.79 bits per heavy atom. The number of piperazine rings is 1. The molecule has 1 amide bonds. The van der Waals surface area contributed by atoms with Crippen molar-refractivity contribution in [3.05, 3.63) is 29.6 Å². The third kappa shape index (κ3) is 3.04. The van der Waals surface area contributed by atoms with Gasteiger partial charge in [0.05, 0.1) is 0 Å². The molecule has 1 aromatic carbocycles. The van der Waals surface area contributed by atoms with Crippen LogP contribution in [0.15, 0.2) is 18.2 Å². The summed E-state index contributed by atoms with van der Waals surface area (Å²) < 4.78 is 13.3. The number of nitrogens with zero attached hydrogens (tertiary/aromatic N) is 2. The van der Waals surface area contributed by atoms with Crippen molar-refractivity contribution in [2.45, 2.75) is 19.4 Å². The first-order valence-electron chi connectivity index (χ1n) is 6.57. The fraction of sp³-hybridized carbons (Fsp3) is 0.500. The lowest BCUT2D eigenvalue weighted by molar-refractivity contribution is 0.0541. The van der Waals surface area contributed by atoms with E-state index in [2.05, 4.69) is 18.9 Å². The second kappa shape index (κ2) is 5.57. The smallest absolute Gasteiger partial charge is 0.254 e. The molecular formula is C14H20FN3O. The maximum atomic E-state index is 13.3. The molecule has 1 aliphatic heterocycles. The molecule has 0 bridgehead atoms. The number of anilines is 1. The van der Waals surface area contributed by atoms with Crippen LogP contribution in [0.3, 0.4) is 0 Å². The third-order valence-electron chi connectivity index (χ3n) is 3.70. The SMILES string of the molecule is CCC1CN(C(=O)c2cc(N)cc(F)c2)CCN1C. The van der Waals surface area contributed by atoms with Gasteiger partial charge in [-0.3, -0.25) is 9.69 Å². The molecular weight excluding hydrogens is 245 g/mol. The molecule has 0 aliphatic carbocycles. The molecule has 1 fully saturated rings. The van der Waals surface area contributed by atoms with E-state index in [1.807, 2.05) is 0 Å². The first-order valence-corrected chi connectivity index (χ1v) is 6.57. The Balaban J connectivity index is 2.15. The van der Waals surface area contributed by atoms with E-state index < -0.39 is 5.82 Å². The summed E-state index contributed by atoms with van der Waals surface area (Å²) in [5.74, 6) is -0.609. The number of likely N-dealkylation sites (N-methyl/N-ethyl adjacent to an activating group) is 1. The second-order valence-corrected chi connectivity index (χ2v) is 5.07. The number of nitrogen functional groups attached to an aromatic ring is 1. The van der Waals surface area contributed by atoms with E-state index in [1.54, 1.807) is 4.90 Å². The van der Waals surface area contributed by atoms with Gasteiger partial charge in [0.1, 0.15) is 5.82 Å². The zero-order chi connectivity index (χ0) is 14.0. The average molecular weight is 265 g/mol. The number of hydrogen-bond donors (Lipinski definition) is 1. The van der Waals surface area contributed by atoms with Crippen LogP contribution < -0.4 is 5.73 Å². The van der Waals surface area contributed by atoms with Gasteiger partial charge >= 0.3 is 0 Å². The van der Waals surface area contributed by atoms with Gasteiger partial charge in [0, 0.05) is 36.9 Å². The summed E-state index contributed by atoms with van der Waals surface area (Å²) in [6.07, 6.45) is 0.992. The molecule has 19 heavy (non-hydrogen) atoms. The van der Waals surface area contributed by atoms with E-state index in [1.165, 1.54) is 18.2 Å². The Kier molecular flexibility index (Phi) is 4.04. The van der Waals surface area contributed by atoms with Gasteiger partial charge in [-0.2, -0.15) is 0 Å². The number of amides is 1. The Morgan fingerprint density at radius 2 is 2.16 bits per heavy atom. The van der Waals surface area contributed by atoms with Crippen molar-refractivity contribution in [1.82, 2.24) is 9.80 Å². The molecule has 1 unspecified atom stereocenters. The topological polar surface area (TPSA) is 49.6 Å². The highest BCUT2D eigenvalue weighted by atomic mass is 19.1. The molecule has 0 saturated carbocycles. The molecule has 0 aromatic heterocycles. The van der Waals surface area contributed by atoms with Crippen molar-refractivity contribution in [3.8, 4) is 0 Å². The first kappa shape index (κ1) is 13.8. The Morgan fingerprint density at radius 1 is 1.42 bits per heavy atom. The van der Waals surface area contributed by atoms with E-state index in [0.29, 0.717) is 24.7 Å². The van der Waals surface area contributed by atoms with Gasteiger partial charge in [-0.1, -0.05) is 6.92 Å². The average Bonchev–Trinajstić information content (AvgIpc) is 2.37. The van der Waals surface area contributed by atoms with Gasteiger partial charge in [-0.25, -0.2) is 4.39 Å². The number of nitrogens with two attached hydrogens (primary N) is 1. The third-order valence-corrected chi connectivity index (χ3v) is 3.70. The van der Waals surface area contributed by atoms with Crippen LogP contribution in [0.5, 0.6) is 0 Å². The van der Waals surface area contributed by atoms with Crippen LogP contribution in [0.2, 0.25) is 0 Å². The minimum absolute atomic E-state index is 0.141. The van der Waals surface area contributed by atoms with Crippen molar-refractivity contribution in [2.24, 2.45) is 0 Å². The number of halogens is 1. The van der Waals surface area contributed by atoms with Gasteiger partial charge < -0.3 is 10.6 Å². The fourth-order valence-corrected chi connectivity index (χ4v) is 2.49. The highest BCUT2D eigenvalue weighted by Gasteiger charge is 2.26. The van der Waals surface area contributed by atoms with Crippen molar-refractivity contribution in [1.29, 1.82) is 0 Å². The van der Waals surface area contributed by atoms with Gasteiger partial charge in [0.2, 0.25) is 0 Å². The van der Waals surface area contributed by atoms with Crippen molar-refractivity contribution >= 4 is 11.6 Å². The molecule has 2 N–H and O–H groups in total. The van der Waals surface area contributed by atoms with Crippen LogP contribution in [0.4, 0.5) is 10.1 Å². The molecule has 2 rings (SSSR count). The lowest BCUT2D eigenvalue weighted by Gasteiger charge is -2.39. The predicted molar refractivity (Wildman–Crippen MR) is 73.4 cm³/mol. The van der Waals surface area contributed by atoms with Crippen LogP contribution in [0.1, 0.15) is 23.7 Å².